The molecule has 5 heteroatoms. The van der Waals surface area contributed by atoms with Gasteiger partial charge in [-0.2, -0.15) is 5.10 Å². The fourth-order valence-electron chi connectivity index (χ4n) is 4.53. The Hall–Kier alpha value is -2.30. The van der Waals surface area contributed by atoms with Gasteiger partial charge in [0, 0.05) is 17.8 Å². The van der Waals surface area contributed by atoms with Gasteiger partial charge >= 0.3 is 0 Å². The van der Waals surface area contributed by atoms with E-state index in [1.165, 1.54) is 5.56 Å². The lowest BCUT2D eigenvalue weighted by Crippen LogP contribution is -2.46. The van der Waals surface area contributed by atoms with E-state index < -0.39 is 0 Å². The van der Waals surface area contributed by atoms with E-state index >= 15 is 0 Å². The van der Waals surface area contributed by atoms with Crippen LogP contribution in [0.15, 0.2) is 30.3 Å². The molecule has 2 aliphatic heterocycles. The van der Waals surface area contributed by atoms with Crippen LogP contribution in [-0.4, -0.2) is 40.2 Å². The highest BCUT2D eigenvalue weighted by atomic mass is 16.5. The van der Waals surface area contributed by atoms with E-state index in [9.17, 15) is 4.79 Å². The summed E-state index contributed by atoms with van der Waals surface area (Å²) in [7, 11) is 1.69. The second-order valence-electron chi connectivity index (χ2n) is 7.90. The Morgan fingerprint density at radius 2 is 1.85 bits per heavy atom. The lowest BCUT2D eigenvalue weighted by molar-refractivity contribution is 0.0565. The molecule has 2 aliphatic rings. The van der Waals surface area contributed by atoms with Crippen molar-refractivity contribution in [3.63, 3.8) is 0 Å². The third kappa shape index (κ3) is 3.00. The molecule has 0 aliphatic carbocycles. The summed E-state index contributed by atoms with van der Waals surface area (Å²) in [6.07, 6.45) is 4.28. The number of piperidine rings is 1. The van der Waals surface area contributed by atoms with Crippen molar-refractivity contribution in [2.75, 3.05) is 7.11 Å². The molecule has 3 atom stereocenters. The number of amides is 1. The first kappa shape index (κ1) is 17.1. The van der Waals surface area contributed by atoms with Crippen LogP contribution in [-0.2, 0) is 0 Å². The molecule has 1 aromatic heterocycles. The Morgan fingerprint density at radius 3 is 2.38 bits per heavy atom. The number of hydrogen-bond donors (Lipinski definition) is 1. The Balaban J connectivity index is 1.50. The maximum absolute atomic E-state index is 13.1. The van der Waals surface area contributed by atoms with Crippen molar-refractivity contribution >= 4 is 5.91 Å². The number of methoxy groups -OCH3 is 1. The van der Waals surface area contributed by atoms with Gasteiger partial charge < -0.3 is 9.64 Å². The zero-order valence-electron chi connectivity index (χ0n) is 15.7. The van der Waals surface area contributed by atoms with Crippen LogP contribution < -0.4 is 4.74 Å². The molecule has 2 aromatic rings. The maximum Gasteiger partial charge on any atom is 0.274 e. The molecule has 1 aromatic carbocycles. The summed E-state index contributed by atoms with van der Waals surface area (Å²) in [4.78, 5) is 15.2. The molecule has 2 bridgehead atoms. The minimum Gasteiger partial charge on any atom is -0.497 e. The number of nitrogens with one attached hydrogen (secondary N) is 1. The van der Waals surface area contributed by atoms with Gasteiger partial charge in [-0.25, -0.2) is 0 Å². The number of H-pyrrole nitrogens is 1. The van der Waals surface area contributed by atoms with Crippen LogP contribution >= 0.6 is 0 Å². The summed E-state index contributed by atoms with van der Waals surface area (Å²) in [5, 5.41) is 7.29. The average molecular weight is 353 g/mol. The van der Waals surface area contributed by atoms with Gasteiger partial charge in [0.05, 0.1) is 7.11 Å². The molecule has 5 nitrogen and oxygen atoms in total. The molecular weight excluding hydrogens is 326 g/mol. The molecule has 0 radical (unpaired) electrons. The topological polar surface area (TPSA) is 58.2 Å². The lowest BCUT2D eigenvalue weighted by Gasteiger charge is -2.39. The van der Waals surface area contributed by atoms with Gasteiger partial charge in [0.2, 0.25) is 0 Å². The van der Waals surface area contributed by atoms with Gasteiger partial charge in [-0.05, 0) is 61.3 Å². The number of carbonyl (C=O) groups excluding carboxylic acids is 1. The summed E-state index contributed by atoms with van der Waals surface area (Å²) in [6, 6.07) is 11.0. The molecule has 138 valence electrons. The highest BCUT2D eigenvalue weighted by Gasteiger charge is 2.44. The zero-order valence-corrected chi connectivity index (χ0v) is 15.7. The summed E-state index contributed by atoms with van der Waals surface area (Å²) in [5.74, 6) is 1.85. The van der Waals surface area contributed by atoms with Gasteiger partial charge in [-0.15, -0.1) is 0 Å². The first-order chi connectivity index (χ1) is 12.6. The van der Waals surface area contributed by atoms with Crippen LogP contribution in [0.4, 0.5) is 0 Å². The highest BCUT2D eigenvalue weighted by Crippen LogP contribution is 2.43. The number of aromatic nitrogens is 2. The van der Waals surface area contributed by atoms with Gasteiger partial charge in [0.1, 0.15) is 11.4 Å². The van der Waals surface area contributed by atoms with Crippen LogP contribution in [0.1, 0.15) is 73.1 Å². The molecule has 2 fully saturated rings. The Labute approximate surface area is 154 Å². The van der Waals surface area contributed by atoms with Crippen molar-refractivity contribution in [1.82, 2.24) is 15.1 Å². The van der Waals surface area contributed by atoms with E-state index in [1.54, 1.807) is 7.11 Å². The number of fused-ring (bicyclic) bond motifs is 2. The Bertz CT molecular complexity index is 767. The average Bonchev–Trinajstić information content (AvgIpc) is 3.24. The summed E-state index contributed by atoms with van der Waals surface area (Å²) in [6.45, 7) is 4.21. The van der Waals surface area contributed by atoms with E-state index in [-0.39, 0.29) is 5.91 Å². The Kier molecular flexibility index (Phi) is 4.47. The minimum atomic E-state index is 0.0915. The first-order valence-electron chi connectivity index (χ1n) is 9.58. The van der Waals surface area contributed by atoms with E-state index in [0.717, 1.165) is 37.1 Å². The van der Waals surface area contributed by atoms with E-state index in [2.05, 4.69) is 41.1 Å². The predicted octanol–water partition coefficient (Wildman–Crippen LogP) is 4.09. The van der Waals surface area contributed by atoms with Gasteiger partial charge in [-0.1, -0.05) is 26.0 Å². The van der Waals surface area contributed by atoms with Gasteiger partial charge in [0.15, 0.2) is 0 Å². The Morgan fingerprint density at radius 1 is 1.19 bits per heavy atom. The number of carbonyl (C=O) groups is 1. The largest absolute Gasteiger partial charge is 0.497 e. The fraction of sp³-hybridized carbons (Fsp3) is 0.524. The van der Waals surface area contributed by atoms with Crippen LogP contribution in [0, 0.1) is 0 Å². The molecule has 1 N–H and O–H groups in total. The van der Waals surface area contributed by atoms with Crippen molar-refractivity contribution in [2.45, 2.75) is 63.5 Å². The van der Waals surface area contributed by atoms with Crippen LogP contribution in [0.25, 0.3) is 0 Å². The SMILES string of the molecule is COc1ccc(C2C[C@H]3CC[C@@H](C2)N3C(=O)c2cc(C(C)C)[nH]n2)cc1. The quantitative estimate of drug-likeness (QED) is 0.900. The normalized spacial score (nSPS) is 24.9. The second-order valence-corrected chi connectivity index (χ2v) is 7.90. The number of rotatable bonds is 4. The lowest BCUT2D eigenvalue weighted by atomic mass is 9.85. The number of ether oxygens (including phenoxy) is 1. The third-order valence-corrected chi connectivity index (χ3v) is 5.99. The van der Waals surface area contributed by atoms with Crippen molar-refractivity contribution < 1.29 is 9.53 Å². The fourth-order valence-corrected chi connectivity index (χ4v) is 4.53. The third-order valence-electron chi connectivity index (χ3n) is 5.99. The number of benzene rings is 1. The molecular formula is C21H27N3O2. The van der Waals surface area contributed by atoms with E-state index in [4.69, 9.17) is 4.74 Å². The minimum absolute atomic E-state index is 0.0915. The summed E-state index contributed by atoms with van der Waals surface area (Å²) >= 11 is 0. The second kappa shape index (κ2) is 6.78. The molecule has 4 rings (SSSR count). The molecule has 2 saturated heterocycles. The summed E-state index contributed by atoms with van der Waals surface area (Å²) in [5.41, 5.74) is 2.94. The monoisotopic (exact) mass is 353 g/mol. The molecule has 0 saturated carbocycles. The van der Waals surface area contributed by atoms with E-state index in [0.29, 0.717) is 29.6 Å². The first-order valence-corrected chi connectivity index (χ1v) is 9.58. The highest BCUT2D eigenvalue weighted by molar-refractivity contribution is 5.93. The van der Waals surface area contributed by atoms with Gasteiger partial charge in [0.25, 0.3) is 5.91 Å². The van der Waals surface area contributed by atoms with Crippen LogP contribution in [0.2, 0.25) is 0 Å². The van der Waals surface area contributed by atoms with Gasteiger partial charge in [-0.3, -0.25) is 9.89 Å². The molecule has 26 heavy (non-hydrogen) atoms. The molecule has 1 amide bonds. The van der Waals surface area contributed by atoms with Crippen molar-refractivity contribution in [3.05, 3.63) is 47.3 Å². The molecule has 1 unspecified atom stereocenters. The van der Waals surface area contributed by atoms with Crippen molar-refractivity contribution in [2.24, 2.45) is 0 Å². The molecule has 3 heterocycles. The van der Waals surface area contributed by atoms with Crippen LogP contribution in [0.5, 0.6) is 5.75 Å². The van der Waals surface area contributed by atoms with E-state index in [1.807, 2.05) is 18.2 Å². The maximum atomic E-state index is 13.1. The standard InChI is InChI=1S/C21H27N3O2/c1-13(2)19-12-20(23-22-19)21(25)24-16-6-7-17(24)11-15(10-16)14-4-8-18(26-3)9-5-14/h4-5,8-9,12-13,15-17H,6-7,10-11H2,1-3H3,(H,22,23)/t15?,16-,17+. The van der Waals surface area contributed by atoms with Crippen molar-refractivity contribution in [1.29, 1.82) is 0 Å². The van der Waals surface area contributed by atoms with Crippen LogP contribution in [0.3, 0.4) is 0 Å². The zero-order chi connectivity index (χ0) is 18.3. The number of nitrogens with zero attached hydrogens (tertiary/aromatic N) is 2. The molecule has 0 spiro atoms. The summed E-state index contributed by atoms with van der Waals surface area (Å²) < 4.78 is 5.26. The smallest absolute Gasteiger partial charge is 0.274 e. The predicted molar refractivity (Wildman–Crippen MR) is 101 cm³/mol. The van der Waals surface area contributed by atoms with Crippen molar-refractivity contribution in [3.8, 4) is 5.75 Å². The number of aromatic amines is 1. The number of hydrogen-bond acceptors (Lipinski definition) is 3.